The van der Waals surface area contributed by atoms with Crippen molar-refractivity contribution in [3.63, 3.8) is 0 Å². The van der Waals surface area contributed by atoms with E-state index in [-0.39, 0.29) is 6.54 Å². The normalized spacial score (nSPS) is 27.6. The minimum atomic E-state index is -2.22. The number of halogens is 2. The second kappa shape index (κ2) is 5.06. The molecule has 0 heterocycles. The van der Waals surface area contributed by atoms with Crippen molar-refractivity contribution in [1.29, 1.82) is 0 Å². The molecule has 84 valence electrons. The van der Waals surface area contributed by atoms with Gasteiger partial charge in [0.25, 0.3) is 6.43 Å². The Bertz CT molecular complexity index is 169. The van der Waals surface area contributed by atoms with E-state index < -0.39 is 6.43 Å². The summed E-state index contributed by atoms with van der Waals surface area (Å²) in [5.41, 5.74) is 0.404. The largest absolute Gasteiger partial charge is 0.309 e. The summed E-state index contributed by atoms with van der Waals surface area (Å²) in [6.45, 7) is 4.39. The molecular formula is C11H21F2N. The molecule has 1 aliphatic carbocycles. The average molecular weight is 205 g/mol. The van der Waals surface area contributed by atoms with Gasteiger partial charge in [0.2, 0.25) is 0 Å². The van der Waals surface area contributed by atoms with E-state index in [1.54, 1.807) is 0 Å². The van der Waals surface area contributed by atoms with E-state index in [0.29, 0.717) is 11.5 Å². The summed E-state index contributed by atoms with van der Waals surface area (Å²) in [6, 6.07) is 0.311. The maximum atomic E-state index is 12.0. The van der Waals surface area contributed by atoms with Crippen LogP contribution in [0.4, 0.5) is 8.78 Å². The van der Waals surface area contributed by atoms with Gasteiger partial charge in [-0.05, 0) is 31.1 Å². The van der Waals surface area contributed by atoms with Crippen LogP contribution in [0.1, 0.15) is 46.0 Å². The molecule has 14 heavy (non-hydrogen) atoms. The number of nitrogens with one attached hydrogen (secondary N) is 1. The molecule has 0 radical (unpaired) electrons. The van der Waals surface area contributed by atoms with E-state index in [2.05, 4.69) is 19.2 Å². The van der Waals surface area contributed by atoms with Gasteiger partial charge < -0.3 is 5.32 Å². The second-order valence-corrected chi connectivity index (χ2v) is 5.09. The van der Waals surface area contributed by atoms with Crippen molar-refractivity contribution in [3.8, 4) is 0 Å². The van der Waals surface area contributed by atoms with Crippen molar-refractivity contribution >= 4 is 0 Å². The minimum absolute atomic E-state index is 0.148. The number of rotatable bonds is 3. The smallest absolute Gasteiger partial charge is 0.250 e. The SMILES string of the molecule is CC1(C)CCCC(NCC(F)F)CC1. The zero-order valence-electron chi connectivity index (χ0n) is 9.15. The highest BCUT2D eigenvalue weighted by atomic mass is 19.3. The molecule has 0 aromatic heterocycles. The predicted octanol–water partition coefficient (Wildman–Crippen LogP) is 3.20. The molecule has 0 spiro atoms. The summed E-state index contributed by atoms with van der Waals surface area (Å²) in [7, 11) is 0. The zero-order valence-corrected chi connectivity index (χ0v) is 9.15. The Kier molecular flexibility index (Phi) is 4.30. The van der Waals surface area contributed by atoms with E-state index in [4.69, 9.17) is 0 Å². The summed E-state index contributed by atoms with van der Waals surface area (Å²) in [5, 5.41) is 2.95. The van der Waals surface area contributed by atoms with Crippen molar-refractivity contribution in [2.24, 2.45) is 5.41 Å². The Morgan fingerprint density at radius 3 is 2.64 bits per heavy atom. The van der Waals surface area contributed by atoms with Crippen LogP contribution in [0.3, 0.4) is 0 Å². The van der Waals surface area contributed by atoms with Crippen LogP contribution >= 0.6 is 0 Å². The summed E-state index contributed by atoms with van der Waals surface area (Å²) in [6.07, 6.45) is 3.41. The zero-order chi connectivity index (χ0) is 10.6. The van der Waals surface area contributed by atoms with Gasteiger partial charge in [-0.1, -0.05) is 20.3 Å². The molecule has 1 nitrogen and oxygen atoms in total. The van der Waals surface area contributed by atoms with Gasteiger partial charge >= 0.3 is 0 Å². The number of alkyl halides is 2. The monoisotopic (exact) mass is 205 g/mol. The Morgan fingerprint density at radius 2 is 2.00 bits per heavy atom. The van der Waals surface area contributed by atoms with Crippen LogP contribution in [0.15, 0.2) is 0 Å². The Morgan fingerprint density at radius 1 is 1.29 bits per heavy atom. The molecule has 0 saturated heterocycles. The van der Waals surface area contributed by atoms with E-state index >= 15 is 0 Å². The lowest BCUT2D eigenvalue weighted by atomic mass is 9.85. The van der Waals surface area contributed by atoms with Crippen molar-refractivity contribution < 1.29 is 8.78 Å². The maximum Gasteiger partial charge on any atom is 0.250 e. The fourth-order valence-corrected chi connectivity index (χ4v) is 2.12. The molecule has 1 fully saturated rings. The van der Waals surface area contributed by atoms with Gasteiger partial charge in [-0.3, -0.25) is 0 Å². The van der Waals surface area contributed by atoms with Gasteiger partial charge in [0.05, 0.1) is 6.54 Å². The third-order valence-electron chi connectivity index (χ3n) is 3.14. The lowest BCUT2D eigenvalue weighted by Crippen LogP contribution is -2.32. The van der Waals surface area contributed by atoms with E-state index in [1.807, 2.05) is 0 Å². The van der Waals surface area contributed by atoms with Gasteiger partial charge in [-0.25, -0.2) is 8.78 Å². The molecule has 1 rings (SSSR count). The van der Waals surface area contributed by atoms with E-state index in [1.165, 1.54) is 6.42 Å². The number of hydrogen-bond acceptors (Lipinski definition) is 1. The van der Waals surface area contributed by atoms with Crippen LogP contribution in [-0.4, -0.2) is 19.0 Å². The standard InChI is InChI=1S/C11H21F2N/c1-11(2)6-3-4-9(5-7-11)14-8-10(12)13/h9-10,14H,3-8H2,1-2H3. The summed E-state index contributed by atoms with van der Waals surface area (Å²) in [5.74, 6) is 0. The Labute approximate surface area is 85.3 Å². The minimum Gasteiger partial charge on any atom is -0.309 e. The molecule has 1 saturated carbocycles. The molecule has 0 aromatic carbocycles. The molecule has 0 bridgehead atoms. The van der Waals surface area contributed by atoms with Gasteiger partial charge in [0, 0.05) is 6.04 Å². The second-order valence-electron chi connectivity index (χ2n) is 5.09. The van der Waals surface area contributed by atoms with E-state index in [9.17, 15) is 8.78 Å². The molecule has 0 aromatic rings. The fourth-order valence-electron chi connectivity index (χ4n) is 2.12. The Balaban J connectivity index is 2.28. The van der Waals surface area contributed by atoms with Gasteiger partial charge in [-0.15, -0.1) is 0 Å². The molecule has 0 aliphatic heterocycles. The van der Waals surface area contributed by atoms with Gasteiger partial charge in [0.15, 0.2) is 0 Å². The van der Waals surface area contributed by atoms with Crippen LogP contribution in [0.2, 0.25) is 0 Å². The molecule has 1 aliphatic rings. The van der Waals surface area contributed by atoms with Gasteiger partial charge in [-0.2, -0.15) is 0 Å². The van der Waals surface area contributed by atoms with Crippen LogP contribution in [0.25, 0.3) is 0 Å². The maximum absolute atomic E-state index is 12.0. The summed E-state index contributed by atoms with van der Waals surface area (Å²) < 4.78 is 24.0. The van der Waals surface area contributed by atoms with Gasteiger partial charge in [0.1, 0.15) is 0 Å². The first-order valence-electron chi connectivity index (χ1n) is 5.51. The summed E-state index contributed by atoms with van der Waals surface area (Å²) in [4.78, 5) is 0. The number of hydrogen-bond donors (Lipinski definition) is 1. The molecule has 1 atom stereocenters. The third-order valence-corrected chi connectivity index (χ3v) is 3.14. The molecule has 1 N–H and O–H groups in total. The highest BCUT2D eigenvalue weighted by Crippen LogP contribution is 2.33. The highest BCUT2D eigenvalue weighted by molar-refractivity contribution is 4.79. The lowest BCUT2D eigenvalue weighted by Gasteiger charge is -2.22. The quantitative estimate of drug-likeness (QED) is 0.698. The molecule has 1 unspecified atom stereocenters. The first-order valence-corrected chi connectivity index (χ1v) is 5.51. The van der Waals surface area contributed by atoms with Crippen molar-refractivity contribution in [3.05, 3.63) is 0 Å². The predicted molar refractivity (Wildman–Crippen MR) is 54.7 cm³/mol. The van der Waals surface area contributed by atoms with Crippen molar-refractivity contribution in [2.45, 2.75) is 58.4 Å². The summed E-state index contributed by atoms with van der Waals surface area (Å²) >= 11 is 0. The van der Waals surface area contributed by atoms with Crippen molar-refractivity contribution in [2.75, 3.05) is 6.54 Å². The average Bonchev–Trinajstić information content (AvgIpc) is 2.23. The van der Waals surface area contributed by atoms with Crippen molar-refractivity contribution in [1.82, 2.24) is 5.32 Å². The van der Waals surface area contributed by atoms with Crippen LogP contribution in [0.5, 0.6) is 0 Å². The Hall–Kier alpha value is -0.180. The first kappa shape index (κ1) is 11.9. The first-order chi connectivity index (χ1) is 6.49. The molecular weight excluding hydrogens is 184 g/mol. The topological polar surface area (TPSA) is 12.0 Å². The van der Waals surface area contributed by atoms with Crippen LogP contribution in [-0.2, 0) is 0 Å². The fraction of sp³-hybridized carbons (Fsp3) is 1.00. The molecule has 0 amide bonds. The van der Waals surface area contributed by atoms with Crippen LogP contribution in [0, 0.1) is 5.41 Å². The van der Waals surface area contributed by atoms with E-state index in [0.717, 1.165) is 25.7 Å². The lowest BCUT2D eigenvalue weighted by molar-refractivity contribution is 0.139. The molecule has 3 heteroatoms. The third kappa shape index (κ3) is 4.36. The highest BCUT2D eigenvalue weighted by Gasteiger charge is 2.24. The van der Waals surface area contributed by atoms with Crippen LogP contribution < -0.4 is 5.32 Å².